The molecule has 1 aromatic heterocycles. The van der Waals surface area contributed by atoms with Crippen LogP contribution in [0.25, 0.3) is 0 Å². The first kappa shape index (κ1) is 20.2. The summed E-state index contributed by atoms with van der Waals surface area (Å²) in [5.74, 6) is -0.631. The van der Waals surface area contributed by atoms with E-state index in [-0.39, 0.29) is 29.3 Å². The Hall–Kier alpha value is -2.57. The molecular formula is C21H29N3O4. The second kappa shape index (κ2) is 7.11. The maximum absolute atomic E-state index is 13.2. The van der Waals surface area contributed by atoms with E-state index in [2.05, 4.69) is 5.10 Å². The quantitative estimate of drug-likeness (QED) is 0.798. The van der Waals surface area contributed by atoms with Gasteiger partial charge in [-0.05, 0) is 33.1 Å². The van der Waals surface area contributed by atoms with Crippen LogP contribution in [0.2, 0.25) is 0 Å². The number of ether oxygens (including phenoxy) is 2. The third kappa shape index (κ3) is 3.23. The summed E-state index contributed by atoms with van der Waals surface area (Å²) >= 11 is 0. The molecule has 0 saturated carbocycles. The number of ketones is 1. The second-order valence-corrected chi connectivity index (χ2v) is 8.21. The highest BCUT2D eigenvalue weighted by molar-refractivity contribution is 6.03. The minimum Gasteiger partial charge on any atom is -0.462 e. The number of aryl methyl sites for hydroxylation is 2. The zero-order valence-corrected chi connectivity index (χ0v) is 17.5. The predicted octanol–water partition coefficient (Wildman–Crippen LogP) is 3.01. The van der Waals surface area contributed by atoms with E-state index in [4.69, 9.17) is 15.2 Å². The molecule has 2 heterocycles. The number of allylic oxidation sites excluding steroid dienone is 2. The van der Waals surface area contributed by atoms with Crippen LogP contribution in [0.5, 0.6) is 0 Å². The van der Waals surface area contributed by atoms with E-state index in [1.54, 1.807) is 6.92 Å². The fraction of sp³-hybridized carbons (Fsp3) is 0.571. The molecule has 1 aromatic rings. The van der Waals surface area contributed by atoms with Gasteiger partial charge in [-0.25, -0.2) is 4.79 Å². The summed E-state index contributed by atoms with van der Waals surface area (Å²) in [6.07, 6.45) is 0.975. The Balaban J connectivity index is 2.26. The van der Waals surface area contributed by atoms with Gasteiger partial charge in [0.1, 0.15) is 11.3 Å². The van der Waals surface area contributed by atoms with Gasteiger partial charge in [-0.3, -0.25) is 9.48 Å². The van der Waals surface area contributed by atoms with E-state index in [9.17, 15) is 9.59 Å². The highest BCUT2D eigenvalue weighted by Crippen LogP contribution is 2.49. The third-order valence-corrected chi connectivity index (χ3v) is 5.48. The number of rotatable bonds is 4. The first-order chi connectivity index (χ1) is 13.1. The minimum atomic E-state index is -0.619. The minimum absolute atomic E-state index is 0.00995. The molecule has 0 saturated heterocycles. The third-order valence-electron chi connectivity index (χ3n) is 5.48. The van der Waals surface area contributed by atoms with Crippen LogP contribution in [-0.4, -0.2) is 28.1 Å². The van der Waals surface area contributed by atoms with Crippen LogP contribution in [-0.2, 0) is 25.6 Å². The molecule has 2 N–H and O–H groups in total. The van der Waals surface area contributed by atoms with Crippen molar-refractivity contribution in [1.29, 1.82) is 0 Å². The summed E-state index contributed by atoms with van der Waals surface area (Å²) in [6.45, 7) is 12.5. The van der Waals surface area contributed by atoms with Crippen molar-refractivity contribution in [1.82, 2.24) is 9.78 Å². The molecule has 0 unspecified atom stereocenters. The maximum Gasteiger partial charge on any atom is 0.340 e. The SMILES string of the molecule is CCOC(=O)C1=C(N)OC2=C(C(=O)CC(C)(C)C2)[C@H]1c1c(C)nn(CC)c1C. The van der Waals surface area contributed by atoms with Crippen LogP contribution in [0.1, 0.15) is 63.4 Å². The van der Waals surface area contributed by atoms with Crippen LogP contribution in [0, 0.1) is 19.3 Å². The maximum atomic E-state index is 13.2. The molecule has 0 amide bonds. The standard InChI is InChI=1S/C21H29N3O4/c1-7-24-12(4)15(11(3)23-24)17-16-13(25)9-21(5,6)10-14(16)28-19(22)18(17)20(26)27-8-2/h17H,7-10,22H2,1-6H3/t17-/m1/s1. The van der Waals surface area contributed by atoms with Crippen molar-refractivity contribution in [3.63, 3.8) is 0 Å². The van der Waals surface area contributed by atoms with Crippen molar-refractivity contribution >= 4 is 11.8 Å². The normalized spacial score (nSPS) is 21.5. The monoisotopic (exact) mass is 387 g/mol. The van der Waals surface area contributed by atoms with Gasteiger partial charge in [0, 0.05) is 36.2 Å². The molecule has 3 rings (SSSR count). The second-order valence-electron chi connectivity index (χ2n) is 8.21. The molecule has 1 atom stereocenters. The number of nitrogens with two attached hydrogens (primary N) is 1. The zero-order valence-electron chi connectivity index (χ0n) is 17.5. The summed E-state index contributed by atoms with van der Waals surface area (Å²) in [4.78, 5) is 26.0. The molecule has 1 aliphatic carbocycles. The van der Waals surface area contributed by atoms with Gasteiger partial charge < -0.3 is 15.2 Å². The molecular weight excluding hydrogens is 358 g/mol. The Labute approximate surface area is 165 Å². The summed E-state index contributed by atoms with van der Waals surface area (Å²) in [7, 11) is 0. The van der Waals surface area contributed by atoms with Crippen LogP contribution < -0.4 is 5.73 Å². The summed E-state index contributed by atoms with van der Waals surface area (Å²) in [6, 6.07) is 0. The molecule has 0 radical (unpaired) electrons. The van der Waals surface area contributed by atoms with Crippen LogP contribution in [0.15, 0.2) is 22.8 Å². The van der Waals surface area contributed by atoms with Gasteiger partial charge in [0.15, 0.2) is 5.78 Å². The van der Waals surface area contributed by atoms with Crippen LogP contribution in [0.3, 0.4) is 0 Å². The van der Waals surface area contributed by atoms with Gasteiger partial charge in [0.25, 0.3) is 0 Å². The molecule has 152 valence electrons. The van der Waals surface area contributed by atoms with E-state index in [0.29, 0.717) is 30.7 Å². The number of hydrogen-bond donors (Lipinski definition) is 1. The fourth-order valence-electron chi connectivity index (χ4n) is 4.32. The van der Waals surface area contributed by atoms with Gasteiger partial charge in [-0.2, -0.15) is 5.10 Å². The van der Waals surface area contributed by atoms with Gasteiger partial charge >= 0.3 is 5.97 Å². The van der Waals surface area contributed by atoms with E-state index in [1.807, 2.05) is 39.3 Å². The molecule has 28 heavy (non-hydrogen) atoms. The largest absolute Gasteiger partial charge is 0.462 e. The molecule has 7 heteroatoms. The number of nitrogens with zero attached hydrogens (tertiary/aromatic N) is 2. The lowest BCUT2D eigenvalue weighted by atomic mass is 9.70. The fourth-order valence-corrected chi connectivity index (χ4v) is 4.32. The summed E-state index contributed by atoms with van der Waals surface area (Å²) in [5.41, 5.74) is 9.19. The molecule has 1 aliphatic heterocycles. The number of Topliss-reactive ketones (excluding diaryl/α,β-unsaturated/α-hetero) is 1. The highest BCUT2D eigenvalue weighted by Gasteiger charge is 2.46. The number of esters is 1. The van der Waals surface area contributed by atoms with Crippen molar-refractivity contribution in [3.8, 4) is 0 Å². The Morgan fingerprint density at radius 2 is 2.00 bits per heavy atom. The summed E-state index contributed by atoms with van der Waals surface area (Å²) < 4.78 is 13.0. The average molecular weight is 387 g/mol. The smallest absolute Gasteiger partial charge is 0.340 e. The topological polar surface area (TPSA) is 96.4 Å². The zero-order chi connectivity index (χ0) is 20.8. The predicted molar refractivity (Wildman–Crippen MR) is 104 cm³/mol. The number of aromatic nitrogens is 2. The van der Waals surface area contributed by atoms with Crippen molar-refractivity contribution in [2.45, 2.75) is 66.8 Å². The van der Waals surface area contributed by atoms with Gasteiger partial charge in [0.2, 0.25) is 5.88 Å². The Morgan fingerprint density at radius 3 is 2.57 bits per heavy atom. The number of carbonyl (C=O) groups excluding carboxylic acids is 2. The number of hydrogen-bond acceptors (Lipinski definition) is 6. The van der Waals surface area contributed by atoms with Crippen LogP contribution in [0.4, 0.5) is 0 Å². The van der Waals surface area contributed by atoms with Crippen molar-refractivity contribution < 1.29 is 19.1 Å². The van der Waals surface area contributed by atoms with Gasteiger partial charge in [-0.15, -0.1) is 0 Å². The van der Waals surface area contributed by atoms with E-state index < -0.39 is 11.9 Å². The molecule has 0 aromatic carbocycles. The van der Waals surface area contributed by atoms with Crippen molar-refractivity contribution in [3.05, 3.63) is 39.7 Å². The molecule has 0 spiro atoms. The molecule has 0 bridgehead atoms. The Bertz CT molecular complexity index is 905. The van der Waals surface area contributed by atoms with E-state index in [0.717, 1.165) is 17.0 Å². The Kier molecular flexibility index (Phi) is 5.12. The van der Waals surface area contributed by atoms with Gasteiger partial charge in [0.05, 0.1) is 18.2 Å². The Morgan fingerprint density at radius 1 is 1.32 bits per heavy atom. The molecule has 0 fully saturated rings. The summed E-state index contributed by atoms with van der Waals surface area (Å²) in [5, 5.41) is 4.59. The first-order valence-electron chi connectivity index (χ1n) is 9.76. The molecule has 7 nitrogen and oxygen atoms in total. The average Bonchev–Trinajstić information content (AvgIpc) is 2.86. The van der Waals surface area contributed by atoms with E-state index >= 15 is 0 Å². The first-order valence-corrected chi connectivity index (χ1v) is 9.76. The lowest BCUT2D eigenvalue weighted by Gasteiger charge is -2.38. The van der Waals surface area contributed by atoms with Gasteiger partial charge in [-0.1, -0.05) is 13.8 Å². The van der Waals surface area contributed by atoms with Crippen LogP contribution >= 0.6 is 0 Å². The highest BCUT2D eigenvalue weighted by atomic mass is 16.5. The van der Waals surface area contributed by atoms with E-state index in [1.165, 1.54) is 0 Å². The molecule has 2 aliphatic rings. The van der Waals surface area contributed by atoms with Crippen molar-refractivity contribution in [2.75, 3.05) is 6.61 Å². The lowest BCUT2D eigenvalue weighted by molar-refractivity contribution is -0.139. The van der Waals surface area contributed by atoms with Crippen molar-refractivity contribution in [2.24, 2.45) is 11.1 Å². The lowest BCUT2D eigenvalue weighted by Crippen LogP contribution is -2.36. The number of carbonyl (C=O) groups is 2.